The highest BCUT2D eigenvalue weighted by Gasteiger charge is 2.52. The molecule has 10 rings (SSSR count). The van der Waals surface area contributed by atoms with Gasteiger partial charge >= 0.3 is 0 Å². The molecule has 2 aliphatic carbocycles. The van der Waals surface area contributed by atoms with Gasteiger partial charge in [-0.15, -0.1) is 0 Å². The number of ketones is 2. The predicted octanol–water partition coefficient (Wildman–Crippen LogP) is 10.0. The summed E-state index contributed by atoms with van der Waals surface area (Å²) in [5.74, 6) is -0.551. The minimum absolute atomic E-state index is 0.164. The Morgan fingerprint density at radius 3 is 1.94 bits per heavy atom. The molecule has 0 fully saturated rings. The van der Waals surface area contributed by atoms with Gasteiger partial charge in [-0.1, -0.05) is 103 Å². The van der Waals surface area contributed by atoms with Crippen molar-refractivity contribution < 1.29 is 9.59 Å². The minimum atomic E-state index is -0.581. The number of hydrogen-bond donors (Lipinski definition) is 1. The largest absolute Gasteiger partial charge is 0.399 e. The maximum Gasteiger partial charge on any atom is 0.197 e. The Morgan fingerprint density at radius 1 is 0.531 bits per heavy atom. The molecule has 230 valence electrons. The average Bonchev–Trinajstić information content (AvgIpc) is 3.56. The Labute approximate surface area is 283 Å². The standard InChI is InChI=1S/C45H28N2O2/c46-29-20-22-34-35(26-29)44(49)36(43(34)48)25-27-18-21-31-28(24-27)19-23-41-42(31)45(37-14-6-4-12-32(37)33-13-5-7-15-38(33)45)39-16-8-9-17-40(39)47(41)30-10-2-1-3-11-30/h1-26H,46H2/b36-25-. The van der Waals surface area contributed by atoms with E-state index in [1.807, 2.05) is 6.07 Å². The van der Waals surface area contributed by atoms with Crippen molar-refractivity contribution in [3.63, 3.8) is 0 Å². The third kappa shape index (κ3) is 3.63. The molecule has 1 aliphatic heterocycles. The van der Waals surface area contributed by atoms with Crippen molar-refractivity contribution in [3.8, 4) is 11.1 Å². The van der Waals surface area contributed by atoms with E-state index in [0.29, 0.717) is 16.8 Å². The minimum Gasteiger partial charge on any atom is -0.399 e. The van der Waals surface area contributed by atoms with E-state index in [0.717, 1.165) is 33.4 Å². The molecule has 0 unspecified atom stereocenters. The van der Waals surface area contributed by atoms with Gasteiger partial charge in [-0.3, -0.25) is 9.59 Å². The smallest absolute Gasteiger partial charge is 0.197 e. The number of nitrogen functional groups attached to an aromatic ring is 1. The van der Waals surface area contributed by atoms with Crippen LogP contribution in [0.5, 0.6) is 0 Å². The maximum atomic E-state index is 13.4. The van der Waals surface area contributed by atoms with Gasteiger partial charge in [-0.25, -0.2) is 0 Å². The number of fused-ring (bicyclic) bond motifs is 12. The number of carbonyl (C=O) groups excluding carboxylic acids is 2. The second-order valence-corrected chi connectivity index (χ2v) is 13.0. The highest BCUT2D eigenvalue weighted by atomic mass is 16.2. The average molecular weight is 629 g/mol. The van der Waals surface area contributed by atoms with E-state index in [1.54, 1.807) is 24.3 Å². The summed E-state index contributed by atoms with van der Waals surface area (Å²) >= 11 is 0. The molecular formula is C45H28N2O2. The van der Waals surface area contributed by atoms with Crippen LogP contribution in [0.2, 0.25) is 0 Å². The van der Waals surface area contributed by atoms with Crippen molar-refractivity contribution in [2.75, 3.05) is 10.6 Å². The summed E-state index contributed by atoms with van der Waals surface area (Å²) in [5.41, 5.74) is 18.3. The Hall–Kier alpha value is -6.52. The van der Waals surface area contributed by atoms with Crippen LogP contribution in [0.25, 0.3) is 28.0 Å². The molecule has 3 aliphatic rings. The molecule has 7 aromatic rings. The lowest BCUT2D eigenvalue weighted by Gasteiger charge is -2.45. The first kappa shape index (κ1) is 27.6. The molecular weight excluding hydrogens is 601 g/mol. The topological polar surface area (TPSA) is 63.4 Å². The zero-order valence-corrected chi connectivity index (χ0v) is 26.4. The van der Waals surface area contributed by atoms with Gasteiger partial charge in [0.15, 0.2) is 11.6 Å². The van der Waals surface area contributed by atoms with Crippen LogP contribution in [0.1, 0.15) is 48.5 Å². The SMILES string of the molecule is Nc1ccc2c(c1)C(=O)/C(=C\c1ccc3c4c(ccc3c1)N(c1ccccc1)c1ccccc1C41c3ccccc3-c3ccccc31)C2=O. The van der Waals surface area contributed by atoms with E-state index >= 15 is 0 Å². The van der Waals surface area contributed by atoms with Gasteiger partial charge in [-0.2, -0.15) is 0 Å². The number of allylic oxidation sites excluding steroid dienone is 1. The van der Waals surface area contributed by atoms with Crippen LogP contribution in [-0.2, 0) is 5.41 Å². The summed E-state index contributed by atoms with van der Waals surface area (Å²) in [6, 6.07) is 52.5. The van der Waals surface area contributed by atoms with Crippen LogP contribution in [0.3, 0.4) is 0 Å². The number of nitrogens with zero attached hydrogens (tertiary/aromatic N) is 1. The van der Waals surface area contributed by atoms with Crippen molar-refractivity contribution in [1.29, 1.82) is 0 Å². The van der Waals surface area contributed by atoms with Gasteiger partial charge in [0.05, 0.1) is 22.4 Å². The third-order valence-corrected chi connectivity index (χ3v) is 10.5. The highest BCUT2D eigenvalue weighted by molar-refractivity contribution is 6.41. The molecule has 0 saturated heterocycles. The molecule has 4 heteroatoms. The Kier molecular flexibility index (Phi) is 5.62. The van der Waals surface area contributed by atoms with E-state index in [2.05, 4.69) is 132 Å². The lowest BCUT2D eigenvalue weighted by Crippen LogP contribution is -2.36. The summed E-state index contributed by atoms with van der Waals surface area (Å²) in [7, 11) is 0. The van der Waals surface area contributed by atoms with Crippen LogP contribution in [0.4, 0.5) is 22.7 Å². The van der Waals surface area contributed by atoms with Crippen molar-refractivity contribution in [1.82, 2.24) is 0 Å². The fraction of sp³-hybridized carbons (Fsp3) is 0.0222. The summed E-state index contributed by atoms with van der Waals surface area (Å²) in [5, 5.41) is 2.14. The van der Waals surface area contributed by atoms with Crippen molar-refractivity contribution >= 4 is 51.2 Å². The quantitative estimate of drug-likeness (QED) is 0.118. The van der Waals surface area contributed by atoms with Gasteiger partial charge in [0.2, 0.25) is 0 Å². The molecule has 0 aromatic heterocycles. The summed E-state index contributed by atoms with van der Waals surface area (Å²) in [4.78, 5) is 29.1. The summed E-state index contributed by atoms with van der Waals surface area (Å²) < 4.78 is 0. The third-order valence-electron chi connectivity index (χ3n) is 10.5. The molecule has 0 bridgehead atoms. The molecule has 0 atom stereocenters. The Balaban J connectivity index is 1.27. The fourth-order valence-corrected chi connectivity index (χ4v) is 8.55. The van der Waals surface area contributed by atoms with Gasteiger partial charge in [-0.05, 0) is 98.8 Å². The number of rotatable bonds is 2. The fourth-order valence-electron chi connectivity index (χ4n) is 8.55. The first-order valence-corrected chi connectivity index (χ1v) is 16.5. The first-order valence-electron chi connectivity index (χ1n) is 16.5. The van der Waals surface area contributed by atoms with Crippen molar-refractivity contribution in [3.05, 3.63) is 196 Å². The van der Waals surface area contributed by atoms with Crippen LogP contribution >= 0.6 is 0 Å². The monoisotopic (exact) mass is 628 g/mol. The highest BCUT2D eigenvalue weighted by Crippen LogP contribution is 2.64. The second-order valence-electron chi connectivity index (χ2n) is 13.0. The van der Waals surface area contributed by atoms with Crippen LogP contribution in [-0.4, -0.2) is 11.6 Å². The number of Topliss-reactive ketones (excluding diaryl/α,β-unsaturated/α-hetero) is 2. The van der Waals surface area contributed by atoms with E-state index in [1.165, 1.54) is 33.4 Å². The maximum absolute atomic E-state index is 13.4. The van der Waals surface area contributed by atoms with Crippen molar-refractivity contribution in [2.24, 2.45) is 0 Å². The van der Waals surface area contributed by atoms with Crippen molar-refractivity contribution in [2.45, 2.75) is 5.41 Å². The van der Waals surface area contributed by atoms with Crippen LogP contribution < -0.4 is 10.6 Å². The molecule has 49 heavy (non-hydrogen) atoms. The number of anilines is 4. The van der Waals surface area contributed by atoms with Crippen LogP contribution in [0.15, 0.2) is 157 Å². The lowest BCUT2D eigenvalue weighted by atomic mass is 9.63. The number of benzene rings is 7. The van der Waals surface area contributed by atoms with E-state index in [4.69, 9.17) is 5.73 Å². The van der Waals surface area contributed by atoms with Gasteiger partial charge in [0.25, 0.3) is 0 Å². The first-order chi connectivity index (χ1) is 24.1. The zero-order chi connectivity index (χ0) is 32.9. The number of carbonyl (C=O) groups is 2. The lowest BCUT2D eigenvalue weighted by molar-refractivity contribution is 0.0990. The molecule has 2 N–H and O–H groups in total. The molecule has 0 radical (unpaired) electrons. The molecule has 0 amide bonds. The summed E-state index contributed by atoms with van der Waals surface area (Å²) in [6.45, 7) is 0. The zero-order valence-electron chi connectivity index (χ0n) is 26.4. The van der Waals surface area contributed by atoms with Gasteiger partial charge in [0, 0.05) is 28.1 Å². The van der Waals surface area contributed by atoms with E-state index in [-0.39, 0.29) is 17.1 Å². The molecule has 4 nitrogen and oxygen atoms in total. The van der Waals surface area contributed by atoms with Crippen LogP contribution in [0, 0.1) is 0 Å². The number of hydrogen-bond acceptors (Lipinski definition) is 4. The Bertz CT molecular complexity index is 2570. The van der Waals surface area contributed by atoms with E-state index < -0.39 is 5.41 Å². The van der Waals surface area contributed by atoms with Gasteiger partial charge < -0.3 is 10.6 Å². The number of nitrogens with two attached hydrogens (primary N) is 1. The van der Waals surface area contributed by atoms with E-state index in [9.17, 15) is 9.59 Å². The van der Waals surface area contributed by atoms with Gasteiger partial charge in [0.1, 0.15) is 0 Å². The number of para-hydroxylation sites is 2. The molecule has 1 spiro atoms. The Morgan fingerprint density at radius 2 is 1.18 bits per heavy atom. The normalized spacial score (nSPS) is 15.7. The second kappa shape index (κ2) is 9.99. The predicted molar refractivity (Wildman–Crippen MR) is 197 cm³/mol. The molecule has 7 aromatic carbocycles. The molecule has 0 saturated carbocycles. The summed E-state index contributed by atoms with van der Waals surface area (Å²) in [6.07, 6.45) is 1.72. The molecule has 1 heterocycles.